The van der Waals surface area contributed by atoms with E-state index in [0.717, 1.165) is 0 Å². The molecule has 1 aromatic carbocycles. The highest BCUT2D eigenvalue weighted by atomic mass is 79.9. The Morgan fingerprint density at radius 1 is 1.47 bits per heavy atom. The van der Waals surface area contributed by atoms with Crippen molar-refractivity contribution in [3.63, 3.8) is 0 Å². The van der Waals surface area contributed by atoms with Crippen molar-refractivity contribution in [1.29, 1.82) is 0 Å². The van der Waals surface area contributed by atoms with Crippen molar-refractivity contribution < 1.29 is 14.3 Å². The molecule has 17 heavy (non-hydrogen) atoms. The Balaban J connectivity index is 2.97. The number of ketones is 1. The van der Waals surface area contributed by atoms with Crippen molar-refractivity contribution in [2.45, 2.75) is 0 Å². The monoisotopic (exact) mass is 319 g/mol. The fourth-order valence-corrected chi connectivity index (χ4v) is 1.60. The summed E-state index contributed by atoms with van der Waals surface area (Å²) in [5.41, 5.74) is 0.527. The molecular formula is C11H11BrClNO3. The molecule has 0 spiro atoms. The summed E-state index contributed by atoms with van der Waals surface area (Å²) >= 11 is 8.88. The zero-order valence-corrected chi connectivity index (χ0v) is 11.5. The van der Waals surface area contributed by atoms with E-state index in [9.17, 15) is 9.59 Å². The number of nitrogens with zero attached hydrogens (tertiary/aromatic N) is 1. The van der Waals surface area contributed by atoms with Crippen molar-refractivity contribution in [2.75, 3.05) is 23.9 Å². The van der Waals surface area contributed by atoms with Gasteiger partial charge >= 0.3 is 6.09 Å². The molecule has 0 saturated heterocycles. The van der Waals surface area contributed by atoms with Crippen LogP contribution in [0.3, 0.4) is 0 Å². The molecular weight excluding hydrogens is 309 g/mol. The second-order valence-corrected chi connectivity index (χ2v) is 4.21. The van der Waals surface area contributed by atoms with Crippen LogP contribution in [-0.2, 0) is 9.53 Å². The summed E-state index contributed by atoms with van der Waals surface area (Å²) in [5.74, 6) is -0.129. The van der Waals surface area contributed by atoms with E-state index in [-0.39, 0.29) is 17.7 Å². The van der Waals surface area contributed by atoms with Crippen LogP contribution in [0.2, 0.25) is 5.02 Å². The first-order valence-electron chi connectivity index (χ1n) is 4.77. The van der Waals surface area contributed by atoms with Gasteiger partial charge in [0, 0.05) is 10.7 Å². The van der Waals surface area contributed by atoms with E-state index in [0.29, 0.717) is 10.7 Å². The normalized spacial score (nSPS) is 9.82. The van der Waals surface area contributed by atoms with Gasteiger partial charge in [-0.3, -0.25) is 9.69 Å². The second-order valence-electron chi connectivity index (χ2n) is 3.21. The van der Waals surface area contributed by atoms with Gasteiger partial charge in [-0.2, -0.15) is 0 Å². The summed E-state index contributed by atoms with van der Waals surface area (Å²) in [6, 6.07) is 6.67. The second kappa shape index (κ2) is 6.61. The third-order valence-corrected chi connectivity index (χ3v) is 2.86. The van der Waals surface area contributed by atoms with Gasteiger partial charge in [0.1, 0.15) is 0 Å². The molecule has 0 fully saturated rings. The van der Waals surface area contributed by atoms with Crippen LogP contribution in [0.4, 0.5) is 10.5 Å². The molecule has 1 rings (SSSR count). The maximum Gasteiger partial charge on any atom is 0.414 e. The minimum absolute atomic E-state index is 0.0573. The van der Waals surface area contributed by atoms with Crippen LogP contribution in [0.25, 0.3) is 0 Å². The number of alkyl halides is 1. The molecule has 1 aromatic rings. The average Bonchev–Trinajstić information content (AvgIpc) is 2.34. The predicted octanol–water partition coefficient (Wildman–Crippen LogP) is 2.88. The van der Waals surface area contributed by atoms with Crippen LogP contribution in [0.15, 0.2) is 24.3 Å². The lowest BCUT2D eigenvalue weighted by Gasteiger charge is -2.20. The zero-order valence-electron chi connectivity index (χ0n) is 9.15. The lowest BCUT2D eigenvalue weighted by molar-refractivity contribution is -0.115. The molecule has 0 N–H and O–H groups in total. The number of ether oxygens (including phenoxy) is 1. The molecule has 1 amide bonds. The molecule has 0 heterocycles. The predicted molar refractivity (Wildman–Crippen MR) is 70.0 cm³/mol. The number of amides is 1. The number of carbonyl (C=O) groups is 2. The van der Waals surface area contributed by atoms with Gasteiger partial charge in [0.05, 0.1) is 19.0 Å². The number of anilines is 1. The third kappa shape index (κ3) is 4.02. The molecule has 0 aliphatic carbocycles. The fraction of sp³-hybridized carbons (Fsp3) is 0.273. The Kier molecular flexibility index (Phi) is 5.44. The lowest BCUT2D eigenvalue weighted by atomic mass is 10.3. The van der Waals surface area contributed by atoms with E-state index in [1.165, 1.54) is 12.0 Å². The Morgan fingerprint density at radius 3 is 2.71 bits per heavy atom. The molecule has 0 aromatic heterocycles. The highest BCUT2D eigenvalue weighted by Gasteiger charge is 2.19. The summed E-state index contributed by atoms with van der Waals surface area (Å²) in [7, 11) is 1.26. The molecule has 0 unspecified atom stereocenters. The zero-order chi connectivity index (χ0) is 12.8. The molecule has 0 saturated carbocycles. The van der Waals surface area contributed by atoms with Gasteiger partial charge in [0.2, 0.25) is 0 Å². The maximum atomic E-state index is 11.6. The number of hydrogen-bond acceptors (Lipinski definition) is 3. The number of rotatable bonds is 4. The van der Waals surface area contributed by atoms with Crippen molar-refractivity contribution in [1.82, 2.24) is 0 Å². The highest BCUT2D eigenvalue weighted by Crippen LogP contribution is 2.20. The summed E-state index contributed by atoms with van der Waals surface area (Å²) < 4.78 is 4.63. The maximum absolute atomic E-state index is 11.6. The van der Waals surface area contributed by atoms with Gasteiger partial charge in [-0.1, -0.05) is 33.6 Å². The quantitative estimate of drug-likeness (QED) is 0.801. The van der Waals surface area contributed by atoms with E-state index in [1.54, 1.807) is 24.3 Å². The minimum Gasteiger partial charge on any atom is -0.452 e. The summed E-state index contributed by atoms with van der Waals surface area (Å²) in [5, 5.41) is 0.670. The van der Waals surface area contributed by atoms with Gasteiger partial charge in [0.25, 0.3) is 0 Å². The van der Waals surface area contributed by atoms with Gasteiger partial charge in [-0.15, -0.1) is 0 Å². The number of Topliss-reactive ketones (excluding diaryl/α,β-unsaturated/α-hetero) is 1. The number of methoxy groups -OCH3 is 1. The Hall–Kier alpha value is -1.07. The largest absolute Gasteiger partial charge is 0.452 e. The van der Waals surface area contributed by atoms with Crippen LogP contribution in [0.5, 0.6) is 0 Å². The first kappa shape index (κ1) is 14.0. The Bertz CT molecular complexity index is 425. The average molecular weight is 321 g/mol. The van der Waals surface area contributed by atoms with Crippen molar-refractivity contribution in [3.05, 3.63) is 29.3 Å². The first-order valence-corrected chi connectivity index (χ1v) is 6.27. The number of benzene rings is 1. The van der Waals surface area contributed by atoms with Crippen LogP contribution >= 0.6 is 27.5 Å². The van der Waals surface area contributed by atoms with Crippen LogP contribution < -0.4 is 4.90 Å². The van der Waals surface area contributed by atoms with Crippen molar-refractivity contribution in [2.24, 2.45) is 0 Å². The van der Waals surface area contributed by atoms with Gasteiger partial charge in [-0.25, -0.2) is 4.79 Å². The Labute approximate surface area is 113 Å². The van der Waals surface area contributed by atoms with E-state index in [4.69, 9.17) is 11.6 Å². The van der Waals surface area contributed by atoms with Crippen LogP contribution in [0.1, 0.15) is 0 Å². The lowest BCUT2D eigenvalue weighted by Crippen LogP contribution is -2.36. The summed E-state index contributed by atoms with van der Waals surface area (Å²) in [6.45, 7) is -0.0573. The molecule has 92 valence electrons. The molecule has 0 aliphatic heterocycles. The van der Waals surface area contributed by atoms with E-state index >= 15 is 0 Å². The molecule has 0 atom stereocenters. The first-order chi connectivity index (χ1) is 8.08. The summed E-state index contributed by atoms with van der Waals surface area (Å²) in [4.78, 5) is 24.2. The van der Waals surface area contributed by atoms with Gasteiger partial charge in [-0.05, 0) is 18.2 Å². The SMILES string of the molecule is COC(=O)N(CC(=O)CBr)c1cccc(Cl)c1. The van der Waals surface area contributed by atoms with E-state index < -0.39 is 6.09 Å². The standard InChI is InChI=1S/C11H11BrClNO3/c1-17-11(16)14(7-10(15)6-12)9-4-2-3-8(13)5-9/h2-5H,6-7H2,1H3. The van der Waals surface area contributed by atoms with E-state index in [1.807, 2.05) is 0 Å². The van der Waals surface area contributed by atoms with Crippen LogP contribution in [-0.4, -0.2) is 30.9 Å². The molecule has 0 aliphatic rings. The smallest absolute Gasteiger partial charge is 0.414 e. The number of halogens is 2. The number of carbonyl (C=O) groups excluding carboxylic acids is 2. The third-order valence-electron chi connectivity index (χ3n) is 2.00. The van der Waals surface area contributed by atoms with E-state index in [2.05, 4.69) is 20.7 Å². The van der Waals surface area contributed by atoms with Gasteiger partial charge < -0.3 is 4.74 Å². The molecule has 6 heteroatoms. The minimum atomic E-state index is -0.596. The molecule has 0 radical (unpaired) electrons. The fourth-order valence-electron chi connectivity index (χ4n) is 1.23. The topological polar surface area (TPSA) is 46.6 Å². The Morgan fingerprint density at radius 2 is 2.18 bits per heavy atom. The van der Waals surface area contributed by atoms with Gasteiger partial charge in [0.15, 0.2) is 5.78 Å². The van der Waals surface area contributed by atoms with Crippen molar-refractivity contribution >= 4 is 45.1 Å². The van der Waals surface area contributed by atoms with Crippen molar-refractivity contribution in [3.8, 4) is 0 Å². The molecule has 0 bridgehead atoms. The number of hydrogen-bond donors (Lipinski definition) is 0. The molecule has 4 nitrogen and oxygen atoms in total. The van der Waals surface area contributed by atoms with Crippen LogP contribution in [0, 0.1) is 0 Å². The summed E-state index contributed by atoms with van der Waals surface area (Å²) in [6.07, 6.45) is -0.596. The highest BCUT2D eigenvalue weighted by molar-refractivity contribution is 9.09.